The zero-order valence-corrected chi connectivity index (χ0v) is 22.7. The number of rotatable bonds is 6. The first-order chi connectivity index (χ1) is 16.6. The van der Waals surface area contributed by atoms with Crippen LogP contribution >= 0.6 is 0 Å². The predicted octanol–water partition coefficient (Wildman–Crippen LogP) is 5.29. The molecule has 0 radical (unpaired) electrons. The Morgan fingerprint density at radius 3 is 2.11 bits per heavy atom. The highest BCUT2D eigenvalue weighted by atomic mass is 16.4. The van der Waals surface area contributed by atoms with Crippen LogP contribution in [0.4, 0.5) is 0 Å². The standard InChI is InChI=1S/C30H46O6/c1-16(2)18-8-11-30(26(35)36)13-12-27(5)20(24(18)30)14-21(31)25-28(27,6)10-9-19(17(3)4)29(25,7)22(32)15-23(33)34/h18-22,24-25,31-32H,1,3,8-15H2,2,4-7H3,(H,33,34)(H,35,36)/t18-,19-,20+,21+,22+,24+,25-,27+,28+,29+,30-/m0/s1. The quantitative estimate of drug-likeness (QED) is 0.367. The second-order valence-corrected chi connectivity index (χ2v) is 13.6. The minimum absolute atomic E-state index is 0.0186. The van der Waals surface area contributed by atoms with Crippen molar-refractivity contribution in [2.24, 2.45) is 51.2 Å². The summed E-state index contributed by atoms with van der Waals surface area (Å²) in [5.41, 5.74) is -0.324. The molecule has 0 saturated heterocycles. The van der Waals surface area contributed by atoms with Crippen LogP contribution in [-0.4, -0.2) is 44.6 Å². The third-order valence-corrected chi connectivity index (χ3v) is 12.3. The lowest BCUT2D eigenvalue weighted by molar-refractivity contribution is -0.265. The average Bonchev–Trinajstić information content (AvgIpc) is 3.16. The van der Waals surface area contributed by atoms with E-state index < -0.39 is 35.0 Å². The summed E-state index contributed by atoms with van der Waals surface area (Å²) < 4.78 is 0. The normalized spacial score (nSPS) is 48.8. The van der Waals surface area contributed by atoms with E-state index in [0.29, 0.717) is 19.3 Å². The summed E-state index contributed by atoms with van der Waals surface area (Å²) in [5.74, 6) is -2.13. The van der Waals surface area contributed by atoms with Gasteiger partial charge in [0.15, 0.2) is 0 Å². The van der Waals surface area contributed by atoms with E-state index in [2.05, 4.69) is 27.0 Å². The van der Waals surface area contributed by atoms with Crippen LogP contribution in [0.5, 0.6) is 0 Å². The van der Waals surface area contributed by atoms with E-state index in [9.17, 15) is 30.0 Å². The molecule has 202 valence electrons. The molecule has 0 heterocycles. The number of carboxylic acids is 2. The molecular formula is C30H46O6. The van der Waals surface area contributed by atoms with Crippen molar-refractivity contribution in [1.82, 2.24) is 0 Å². The maximum atomic E-state index is 12.8. The summed E-state index contributed by atoms with van der Waals surface area (Å²) in [5, 5.41) is 43.4. The molecule has 4 aliphatic rings. The van der Waals surface area contributed by atoms with Crippen LogP contribution in [0.15, 0.2) is 24.3 Å². The fraction of sp³-hybridized carbons (Fsp3) is 0.800. The fourth-order valence-electron chi connectivity index (χ4n) is 10.5. The number of hydrogen-bond acceptors (Lipinski definition) is 4. The smallest absolute Gasteiger partial charge is 0.309 e. The summed E-state index contributed by atoms with van der Waals surface area (Å²) >= 11 is 0. The Bertz CT molecular complexity index is 972. The monoisotopic (exact) mass is 502 g/mol. The molecule has 0 spiro atoms. The molecule has 0 aromatic carbocycles. The predicted molar refractivity (Wildman–Crippen MR) is 138 cm³/mol. The van der Waals surface area contributed by atoms with Crippen LogP contribution in [0.25, 0.3) is 0 Å². The summed E-state index contributed by atoms with van der Waals surface area (Å²) in [6.45, 7) is 18.9. The molecule has 36 heavy (non-hydrogen) atoms. The Balaban J connectivity index is 1.86. The molecule has 6 heteroatoms. The average molecular weight is 503 g/mol. The lowest BCUT2D eigenvalue weighted by Crippen LogP contribution is -2.70. The minimum Gasteiger partial charge on any atom is -0.481 e. The largest absolute Gasteiger partial charge is 0.481 e. The first-order valence-corrected chi connectivity index (χ1v) is 13.7. The Labute approximate surface area is 215 Å². The van der Waals surface area contributed by atoms with Crippen molar-refractivity contribution in [3.63, 3.8) is 0 Å². The number of carboxylic acid groups (broad SMARTS) is 2. The molecule has 6 nitrogen and oxygen atoms in total. The maximum Gasteiger partial charge on any atom is 0.309 e. The second-order valence-electron chi connectivity index (χ2n) is 13.6. The molecule has 0 unspecified atom stereocenters. The van der Waals surface area contributed by atoms with Gasteiger partial charge in [-0.1, -0.05) is 45.1 Å². The summed E-state index contributed by atoms with van der Waals surface area (Å²) in [4.78, 5) is 24.5. The second kappa shape index (κ2) is 8.69. The topological polar surface area (TPSA) is 115 Å². The van der Waals surface area contributed by atoms with Crippen molar-refractivity contribution in [1.29, 1.82) is 0 Å². The Kier molecular flexibility index (Phi) is 6.61. The van der Waals surface area contributed by atoms with Gasteiger partial charge in [-0.15, -0.1) is 0 Å². The van der Waals surface area contributed by atoms with Crippen LogP contribution < -0.4 is 0 Å². The molecule has 4 saturated carbocycles. The van der Waals surface area contributed by atoms with Gasteiger partial charge in [0.05, 0.1) is 24.0 Å². The highest BCUT2D eigenvalue weighted by molar-refractivity contribution is 5.76. The van der Waals surface area contributed by atoms with Gasteiger partial charge in [-0.2, -0.15) is 0 Å². The van der Waals surface area contributed by atoms with Gasteiger partial charge in [-0.05, 0) is 99.2 Å². The number of aliphatic carboxylic acids is 2. The number of hydrogen-bond donors (Lipinski definition) is 4. The van der Waals surface area contributed by atoms with Crippen molar-refractivity contribution in [3.05, 3.63) is 24.3 Å². The Hall–Kier alpha value is -1.66. The molecular weight excluding hydrogens is 456 g/mol. The lowest BCUT2D eigenvalue weighted by Gasteiger charge is -2.72. The van der Waals surface area contributed by atoms with Gasteiger partial charge in [0.25, 0.3) is 0 Å². The Morgan fingerprint density at radius 1 is 0.944 bits per heavy atom. The van der Waals surface area contributed by atoms with Gasteiger partial charge in [0.1, 0.15) is 0 Å². The summed E-state index contributed by atoms with van der Waals surface area (Å²) in [7, 11) is 0. The molecule has 0 amide bonds. The van der Waals surface area contributed by atoms with E-state index in [1.807, 2.05) is 20.8 Å². The van der Waals surface area contributed by atoms with E-state index in [0.717, 1.165) is 36.8 Å². The fourth-order valence-corrected chi connectivity index (χ4v) is 10.5. The van der Waals surface area contributed by atoms with Crippen molar-refractivity contribution >= 4 is 11.9 Å². The van der Waals surface area contributed by atoms with Crippen LogP contribution in [-0.2, 0) is 9.59 Å². The number of aliphatic hydroxyl groups excluding tert-OH is 2. The van der Waals surface area contributed by atoms with E-state index in [1.54, 1.807) is 0 Å². The van der Waals surface area contributed by atoms with E-state index in [1.165, 1.54) is 0 Å². The van der Waals surface area contributed by atoms with Crippen LogP contribution in [0.3, 0.4) is 0 Å². The maximum absolute atomic E-state index is 12.8. The van der Waals surface area contributed by atoms with Gasteiger partial charge in [-0.3, -0.25) is 9.59 Å². The SMILES string of the molecule is C=C(C)[C@@H]1CC[C@]2(C(=O)O)CC[C@]3(C)[C@H](C[C@@H](O)[C@@H]4[C@@](C)([C@H](O)CC(=O)O)[C@H](C(=C)C)CC[C@]43C)[C@@H]12. The van der Waals surface area contributed by atoms with Gasteiger partial charge >= 0.3 is 11.9 Å². The van der Waals surface area contributed by atoms with Gasteiger partial charge < -0.3 is 20.4 Å². The van der Waals surface area contributed by atoms with Crippen LogP contribution in [0.1, 0.15) is 86.0 Å². The van der Waals surface area contributed by atoms with E-state index >= 15 is 0 Å². The highest BCUT2D eigenvalue weighted by Gasteiger charge is 2.73. The van der Waals surface area contributed by atoms with Crippen molar-refractivity contribution in [3.8, 4) is 0 Å². The number of carbonyl (C=O) groups is 2. The molecule has 0 aliphatic heterocycles. The molecule has 0 bridgehead atoms. The first-order valence-electron chi connectivity index (χ1n) is 13.7. The first kappa shape index (κ1) is 27.4. The van der Waals surface area contributed by atoms with E-state index in [-0.39, 0.29) is 46.8 Å². The summed E-state index contributed by atoms with van der Waals surface area (Å²) in [6, 6.07) is 0. The zero-order valence-electron chi connectivity index (χ0n) is 22.7. The number of fused-ring (bicyclic) bond motifs is 5. The Morgan fingerprint density at radius 2 is 1.58 bits per heavy atom. The number of aliphatic hydroxyl groups is 2. The van der Waals surface area contributed by atoms with E-state index in [4.69, 9.17) is 0 Å². The lowest BCUT2D eigenvalue weighted by atomic mass is 9.33. The third-order valence-electron chi connectivity index (χ3n) is 12.3. The van der Waals surface area contributed by atoms with Gasteiger partial charge in [0, 0.05) is 5.41 Å². The molecule has 4 N–H and O–H groups in total. The zero-order chi connectivity index (χ0) is 27.0. The van der Waals surface area contributed by atoms with Crippen LogP contribution in [0.2, 0.25) is 0 Å². The molecule has 11 atom stereocenters. The van der Waals surface area contributed by atoms with Crippen molar-refractivity contribution in [2.75, 3.05) is 0 Å². The molecule has 0 aromatic heterocycles. The highest BCUT2D eigenvalue weighted by Crippen LogP contribution is 2.76. The van der Waals surface area contributed by atoms with Gasteiger partial charge in [0.2, 0.25) is 0 Å². The third kappa shape index (κ3) is 3.42. The van der Waals surface area contributed by atoms with Gasteiger partial charge in [-0.25, -0.2) is 0 Å². The summed E-state index contributed by atoms with van der Waals surface area (Å²) in [6.07, 6.45) is 2.66. The van der Waals surface area contributed by atoms with Crippen molar-refractivity contribution < 1.29 is 30.0 Å². The minimum atomic E-state index is -1.12. The molecule has 4 aliphatic carbocycles. The molecule has 0 aromatic rings. The molecule has 4 rings (SSSR count). The molecule has 4 fully saturated rings. The van der Waals surface area contributed by atoms with Crippen molar-refractivity contribution in [2.45, 2.75) is 98.2 Å². The number of allylic oxidation sites excluding steroid dienone is 2. The van der Waals surface area contributed by atoms with Crippen LogP contribution in [0, 0.1) is 51.2 Å².